The number of hydrogen-bond acceptors (Lipinski definition) is 3. The monoisotopic (exact) mass is 197 g/mol. The fourth-order valence-electron chi connectivity index (χ4n) is 1.19. The molecule has 0 spiro atoms. The molecule has 1 atom stereocenters. The van der Waals surface area contributed by atoms with Crippen molar-refractivity contribution >= 4 is 17.1 Å². The van der Waals surface area contributed by atoms with Gasteiger partial charge in [0.15, 0.2) is 0 Å². The van der Waals surface area contributed by atoms with Crippen molar-refractivity contribution in [2.24, 2.45) is 5.73 Å². The van der Waals surface area contributed by atoms with Gasteiger partial charge >= 0.3 is 0 Å². The van der Waals surface area contributed by atoms with Crippen LogP contribution >= 0.6 is 11.3 Å². The predicted molar refractivity (Wildman–Crippen MR) is 56.0 cm³/mol. The molecule has 0 aromatic carbocycles. The Bertz CT molecular complexity index is 293. The third-order valence-electron chi connectivity index (χ3n) is 1.98. The van der Waals surface area contributed by atoms with E-state index in [4.69, 9.17) is 5.73 Å². The van der Waals surface area contributed by atoms with Crippen molar-refractivity contribution in [2.75, 3.05) is 0 Å². The number of nitrogens with two attached hydrogens (primary N) is 1. The minimum absolute atomic E-state index is 0.144. The number of thiophene rings is 1. The molecule has 2 nitrogen and oxygen atoms in total. The maximum absolute atomic E-state index is 11.2. The largest absolute Gasteiger partial charge is 0.321 e. The number of carbonyl (C=O) groups excluding carboxylic acids is 1. The van der Waals surface area contributed by atoms with E-state index in [1.165, 1.54) is 9.75 Å². The molecule has 3 heteroatoms. The molecule has 72 valence electrons. The van der Waals surface area contributed by atoms with Crippen LogP contribution in [0, 0.1) is 6.92 Å². The highest BCUT2D eigenvalue weighted by Gasteiger charge is 2.12. The van der Waals surface area contributed by atoms with Crippen LogP contribution in [0.4, 0.5) is 0 Å². The van der Waals surface area contributed by atoms with Gasteiger partial charge in [0.2, 0.25) is 0 Å². The molecule has 0 aliphatic carbocycles. The van der Waals surface area contributed by atoms with Crippen LogP contribution in [0.15, 0.2) is 12.1 Å². The highest BCUT2D eigenvalue weighted by atomic mass is 32.1. The number of rotatable bonds is 4. The summed E-state index contributed by atoms with van der Waals surface area (Å²) in [6.45, 7) is 3.91. The van der Waals surface area contributed by atoms with Crippen molar-refractivity contribution in [3.8, 4) is 0 Å². The summed E-state index contributed by atoms with van der Waals surface area (Å²) >= 11 is 1.71. The summed E-state index contributed by atoms with van der Waals surface area (Å²) in [7, 11) is 0. The molecule has 1 aromatic heterocycles. The number of ketones is 1. The Balaban J connectivity index is 2.54. The first-order valence-corrected chi connectivity index (χ1v) is 5.28. The minimum Gasteiger partial charge on any atom is -0.321 e. The molecule has 0 aliphatic rings. The summed E-state index contributed by atoms with van der Waals surface area (Å²) in [5.74, 6) is 0.144. The maximum Gasteiger partial charge on any atom is 0.149 e. The van der Waals surface area contributed by atoms with Crippen molar-refractivity contribution in [2.45, 2.75) is 32.7 Å². The lowest BCUT2D eigenvalue weighted by atomic mass is 10.1. The molecule has 0 bridgehead atoms. The summed E-state index contributed by atoms with van der Waals surface area (Å²) < 4.78 is 0. The minimum atomic E-state index is -0.317. The summed E-state index contributed by atoms with van der Waals surface area (Å²) in [5, 5.41) is 0. The maximum atomic E-state index is 11.2. The lowest BCUT2D eigenvalue weighted by Gasteiger charge is -2.06. The first-order valence-electron chi connectivity index (χ1n) is 4.47. The Hall–Kier alpha value is -0.670. The zero-order valence-corrected chi connectivity index (χ0v) is 8.86. The van der Waals surface area contributed by atoms with Crippen LogP contribution in [0.5, 0.6) is 0 Å². The standard InChI is InChI=1S/C10H15NOS/c1-3-10(12)9(11)6-8-5-4-7(2)13-8/h4-5,9H,3,6,11H2,1-2H3. The Morgan fingerprint density at radius 3 is 2.77 bits per heavy atom. The van der Waals surface area contributed by atoms with E-state index in [9.17, 15) is 4.79 Å². The second-order valence-corrected chi connectivity index (χ2v) is 4.52. The van der Waals surface area contributed by atoms with Crippen LogP contribution in [-0.4, -0.2) is 11.8 Å². The van der Waals surface area contributed by atoms with Gasteiger partial charge in [0.25, 0.3) is 0 Å². The molecular weight excluding hydrogens is 182 g/mol. The second kappa shape index (κ2) is 4.53. The van der Waals surface area contributed by atoms with Crippen LogP contribution in [0.3, 0.4) is 0 Å². The molecule has 13 heavy (non-hydrogen) atoms. The number of carbonyl (C=O) groups is 1. The summed E-state index contributed by atoms with van der Waals surface area (Å²) in [4.78, 5) is 13.7. The molecule has 2 N–H and O–H groups in total. The second-order valence-electron chi connectivity index (χ2n) is 3.14. The van der Waals surface area contributed by atoms with E-state index in [1.807, 2.05) is 13.0 Å². The Morgan fingerprint density at radius 1 is 1.62 bits per heavy atom. The van der Waals surface area contributed by atoms with Crippen LogP contribution in [0.25, 0.3) is 0 Å². The quantitative estimate of drug-likeness (QED) is 0.801. The van der Waals surface area contributed by atoms with Crippen molar-refractivity contribution in [1.29, 1.82) is 0 Å². The van der Waals surface area contributed by atoms with Gasteiger partial charge in [-0.1, -0.05) is 6.92 Å². The van der Waals surface area contributed by atoms with Crippen molar-refractivity contribution in [3.05, 3.63) is 21.9 Å². The van der Waals surface area contributed by atoms with Crippen LogP contribution in [0.2, 0.25) is 0 Å². The van der Waals surface area contributed by atoms with Gasteiger partial charge in [-0.2, -0.15) is 0 Å². The predicted octanol–water partition coefficient (Wildman–Crippen LogP) is 1.91. The molecule has 0 saturated carbocycles. The Labute approximate surface area is 82.8 Å². The van der Waals surface area contributed by atoms with E-state index in [0.717, 1.165) is 0 Å². The van der Waals surface area contributed by atoms with Crippen molar-refractivity contribution in [1.82, 2.24) is 0 Å². The highest BCUT2D eigenvalue weighted by molar-refractivity contribution is 7.11. The topological polar surface area (TPSA) is 43.1 Å². The molecule has 0 amide bonds. The summed E-state index contributed by atoms with van der Waals surface area (Å²) in [5.41, 5.74) is 5.73. The van der Waals surface area contributed by atoms with Gasteiger partial charge in [0.05, 0.1) is 6.04 Å². The van der Waals surface area contributed by atoms with Gasteiger partial charge in [0, 0.05) is 22.6 Å². The van der Waals surface area contributed by atoms with E-state index in [0.29, 0.717) is 12.8 Å². The number of hydrogen-bond donors (Lipinski definition) is 1. The van der Waals surface area contributed by atoms with Gasteiger partial charge < -0.3 is 5.73 Å². The molecule has 0 radical (unpaired) electrons. The molecule has 1 aromatic rings. The zero-order chi connectivity index (χ0) is 9.84. The molecule has 0 aliphatic heterocycles. The zero-order valence-electron chi connectivity index (χ0n) is 8.04. The van der Waals surface area contributed by atoms with Crippen molar-refractivity contribution < 1.29 is 4.79 Å². The SMILES string of the molecule is CCC(=O)C(N)Cc1ccc(C)s1. The summed E-state index contributed by atoms with van der Waals surface area (Å²) in [6.07, 6.45) is 1.22. The lowest BCUT2D eigenvalue weighted by Crippen LogP contribution is -2.31. The van der Waals surface area contributed by atoms with E-state index < -0.39 is 0 Å². The van der Waals surface area contributed by atoms with Gasteiger partial charge in [-0.25, -0.2) is 0 Å². The Kier molecular flexibility index (Phi) is 3.63. The third kappa shape index (κ3) is 2.94. The van der Waals surface area contributed by atoms with Gasteiger partial charge in [-0.15, -0.1) is 11.3 Å². The lowest BCUT2D eigenvalue weighted by molar-refractivity contribution is -0.119. The third-order valence-corrected chi connectivity index (χ3v) is 3.00. The average Bonchev–Trinajstić information content (AvgIpc) is 2.49. The van der Waals surface area contributed by atoms with Gasteiger partial charge in [-0.05, 0) is 19.1 Å². The van der Waals surface area contributed by atoms with Gasteiger partial charge in [-0.3, -0.25) is 4.79 Å². The van der Waals surface area contributed by atoms with E-state index in [-0.39, 0.29) is 11.8 Å². The number of Topliss-reactive ketones (excluding diaryl/α,β-unsaturated/α-hetero) is 1. The van der Waals surface area contributed by atoms with E-state index in [1.54, 1.807) is 11.3 Å². The fraction of sp³-hybridized carbons (Fsp3) is 0.500. The molecular formula is C10H15NOS. The number of aryl methyl sites for hydroxylation is 1. The molecule has 1 heterocycles. The molecule has 1 unspecified atom stereocenters. The van der Waals surface area contributed by atoms with Gasteiger partial charge in [0.1, 0.15) is 5.78 Å². The first kappa shape index (κ1) is 10.4. The van der Waals surface area contributed by atoms with Crippen LogP contribution in [0.1, 0.15) is 23.1 Å². The fourth-order valence-corrected chi connectivity index (χ4v) is 2.14. The Morgan fingerprint density at radius 2 is 2.31 bits per heavy atom. The molecule has 0 fully saturated rings. The van der Waals surface area contributed by atoms with E-state index >= 15 is 0 Å². The van der Waals surface area contributed by atoms with Crippen LogP contribution in [-0.2, 0) is 11.2 Å². The normalized spacial score (nSPS) is 12.8. The molecule has 1 rings (SSSR count). The molecule has 0 saturated heterocycles. The van der Waals surface area contributed by atoms with Crippen LogP contribution < -0.4 is 5.73 Å². The summed E-state index contributed by atoms with van der Waals surface area (Å²) in [6, 6.07) is 3.79. The van der Waals surface area contributed by atoms with Crippen molar-refractivity contribution in [3.63, 3.8) is 0 Å². The average molecular weight is 197 g/mol. The first-order chi connectivity index (χ1) is 6.13. The smallest absolute Gasteiger partial charge is 0.149 e. The van der Waals surface area contributed by atoms with E-state index in [2.05, 4.69) is 13.0 Å². The highest BCUT2D eigenvalue weighted by Crippen LogP contribution is 2.16.